The molecule has 3 aromatic rings. The van der Waals surface area contributed by atoms with Gasteiger partial charge in [-0.1, -0.05) is 44.2 Å². The van der Waals surface area contributed by atoms with Crippen LogP contribution < -0.4 is 19.1 Å². The van der Waals surface area contributed by atoms with Crippen molar-refractivity contribution in [3.8, 4) is 11.5 Å². The fourth-order valence-electron chi connectivity index (χ4n) is 4.37. The maximum Gasteiger partial charge on any atom is 0.264 e. The molecule has 0 aliphatic heterocycles. The van der Waals surface area contributed by atoms with Crippen LogP contribution in [0.3, 0.4) is 0 Å². The van der Waals surface area contributed by atoms with E-state index in [0.29, 0.717) is 17.7 Å². The van der Waals surface area contributed by atoms with E-state index in [0.717, 1.165) is 4.31 Å². The molecule has 2 atom stereocenters. The van der Waals surface area contributed by atoms with E-state index in [1.165, 1.54) is 61.6 Å². The van der Waals surface area contributed by atoms with E-state index in [9.17, 15) is 22.4 Å². The number of hydrogen-bond acceptors (Lipinski definition) is 6. The molecule has 9 nitrogen and oxygen atoms in total. The molecule has 0 aromatic heterocycles. The molecule has 2 amide bonds. The summed E-state index contributed by atoms with van der Waals surface area (Å²) in [6, 6.07) is 17.0. The molecule has 0 aliphatic carbocycles. The van der Waals surface area contributed by atoms with E-state index in [1.807, 2.05) is 13.8 Å². The first-order valence-corrected chi connectivity index (χ1v) is 15.1. The molecule has 1 N–H and O–H groups in total. The number of carbonyl (C=O) groups is 2. The lowest BCUT2D eigenvalue weighted by molar-refractivity contribution is -0.140. The Bertz CT molecular complexity index is 1450. The molecule has 0 bridgehead atoms. The van der Waals surface area contributed by atoms with E-state index in [1.54, 1.807) is 37.3 Å². The molecule has 0 spiro atoms. The smallest absolute Gasteiger partial charge is 0.264 e. The standard InChI is InChI=1S/C31H38FN3O6S/c1-6-22(3)33-31(37)27(7-2)34(20-23-13-15-24(32)16-14-23)30(36)21-35(25-11-9-8-10-12-25)42(38,39)26-17-18-28(40-4)29(19-26)41-5/h8-19,22,27H,6-7,20-21H2,1-5H3,(H,33,37)/t22-,27+/m1/s1. The zero-order valence-corrected chi connectivity index (χ0v) is 25.4. The minimum absolute atomic E-state index is 0.0232. The third-order valence-corrected chi connectivity index (χ3v) is 8.69. The lowest BCUT2D eigenvalue weighted by Gasteiger charge is -2.33. The summed E-state index contributed by atoms with van der Waals surface area (Å²) in [6.07, 6.45) is 0.975. The van der Waals surface area contributed by atoms with Gasteiger partial charge in [-0.25, -0.2) is 12.8 Å². The van der Waals surface area contributed by atoms with Crippen LogP contribution >= 0.6 is 0 Å². The van der Waals surface area contributed by atoms with Crippen LogP contribution in [0.5, 0.6) is 11.5 Å². The summed E-state index contributed by atoms with van der Waals surface area (Å²) in [6.45, 7) is 4.97. The Morgan fingerprint density at radius 1 is 0.905 bits per heavy atom. The van der Waals surface area contributed by atoms with Gasteiger partial charge in [-0.2, -0.15) is 0 Å². The number of ether oxygens (including phenoxy) is 2. The maximum atomic E-state index is 14.1. The van der Waals surface area contributed by atoms with Gasteiger partial charge in [0.15, 0.2) is 11.5 Å². The van der Waals surface area contributed by atoms with Gasteiger partial charge in [0.25, 0.3) is 10.0 Å². The Hall–Kier alpha value is -4.12. The molecule has 0 fully saturated rings. The molecule has 0 aliphatic rings. The second-order valence-corrected chi connectivity index (χ2v) is 11.6. The van der Waals surface area contributed by atoms with Crippen molar-refractivity contribution in [1.82, 2.24) is 10.2 Å². The Labute approximate surface area is 247 Å². The van der Waals surface area contributed by atoms with Crippen LogP contribution in [0.4, 0.5) is 10.1 Å². The van der Waals surface area contributed by atoms with Gasteiger partial charge >= 0.3 is 0 Å². The molecule has 0 heterocycles. The molecule has 0 unspecified atom stereocenters. The van der Waals surface area contributed by atoms with Crippen LogP contribution in [0.25, 0.3) is 0 Å². The van der Waals surface area contributed by atoms with Crippen molar-refractivity contribution < 1.29 is 31.9 Å². The molecule has 42 heavy (non-hydrogen) atoms. The van der Waals surface area contributed by atoms with Gasteiger partial charge in [0.2, 0.25) is 11.8 Å². The lowest BCUT2D eigenvalue weighted by atomic mass is 10.1. The summed E-state index contributed by atoms with van der Waals surface area (Å²) in [5, 5.41) is 2.92. The monoisotopic (exact) mass is 599 g/mol. The van der Waals surface area contributed by atoms with Crippen molar-refractivity contribution in [1.29, 1.82) is 0 Å². The van der Waals surface area contributed by atoms with Crippen LogP contribution in [0.2, 0.25) is 0 Å². The second kappa shape index (κ2) is 14.7. The first-order valence-electron chi connectivity index (χ1n) is 13.7. The summed E-state index contributed by atoms with van der Waals surface area (Å²) in [5.74, 6) is -0.824. The number of benzene rings is 3. The van der Waals surface area contributed by atoms with Gasteiger partial charge in [-0.15, -0.1) is 0 Å². The number of para-hydroxylation sites is 1. The predicted octanol–water partition coefficient (Wildman–Crippen LogP) is 4.76. The van der Waals surface area contributed by atoms with E-state index in [4.69, 9.17) is 9.47 Å². The Balaban J connectivity index is 2.06. The highest BCUT2D eigenvalue weighted by Gasteiger charge is 2.34. The maximum absolute atomic E-state index is 14.1. The first kappa shape index (κ1) is 32.4. The Morgan fingerprint density at radius 2 is 1.55 bits per heavy atom. The average molecular weight is 600 g/mol. The summed E-state index contributed by atoms with van der Waals surface area (Å²) < 4.78 is 53.3. The van der Waals surface area contributed by atoms with Crippen molar-refractivity contribution in [3.05, 3.63) is 84.2 Å². The normalized spacial score (nSPS) is 12.6. The van der Waals surface area contributed by atoms with Gasteiger partial charge in [-0.3, -0.25) is 13.9 Å². The third kappa shape index (κ3) is 7.79. The van der Waals surface area contributed by atoms with Gasteiger partial charge < -0.3 is 19.7 Å². The number of nitrogens with zero attached hydrogens (tertiary/aromatic N) is 2. The highest BCUT2D eigenvalue weighted by Crippen LogP contribution is 2.32. The Morgan fingerprint density at radius 3 is 2.12 bits per heavy atom. The van der Waals surface area contributed by atoms with Crippen LogP contribution in [-0.2, 0) is 26.2 Å². The van der Waals surface area contributed by atoms with Crippen LogP contribution in [0.15, 0.2) is 77.7 Å². The fourth-order valence-corrected chi connectivity index (χ4v) is 5.80. The van der Waals surface area contributed by atoms with Crippen molar-refractivity contribution in [2.45, 2.75) is 57.1 Å². The SMILES string of the molecule is CC[C@@H](C)NC(=O)[C@H](CC)N(Cc1ccc(F)cc1)C(=O)CN(c1ccccc1)S(=O)(=O)c1ccc(OC)c(OC)c1. The molecule has 226 valence electrons. The fraction of sp³-hybridized carbons (Fsp3) is 0.355. The summed E-state index contributed by atoms with van der Waals surface area (Å²) >= 11 is 0. The molecule has 0 saturated heterocycles. The van der Waals surface area contributed by atoms with Crippen molar-refractivity contribution >= 4 is 27.5 Å². The lowest BCUT2D eigenvalue weighted by Crippen LogP contribution is -2.53. The number of carbonyl (C=O) groups excluding carboxylic acids is 2. The summed E-state index contributed by atoms with van der Waals surface area (Å²) in [5.41, 5.74) is 0.855. The minimum atomic E-state index is -4.29. The zero-order valence-electron chi connectivity index (χ0n) is 24.5. The number of nitrogens with one attached hydrogen (secondary N) is 1. The van der Waals surface area contributed by atoms with Gasteiger partial charge in [0.1, 0.15) is 18.4 Å². The van der Waals surface area contributed by atoms with E-state index < -0.39 is 34.3 Å². The van der Waals surface area contributed by atoms with Crippen LogP contribution in [-0.4, -0.2) is 58.0 Å². The van der Waals surface area contributed by atoms with E-state index in [2.05, 4.69) is 5.32 Å². The quantitative estimate of drug-likeness (QED) is 0.287. The van der Waals surface area contributed by atoms with Crippen LogP contribution in [0, 0.1) is 5.82 Å². The summed E-state index contributed by atoms with van der Waals surface area (Å²) in [4.78, 5) is 28.6. The Kier molecular flexibility index (Phi) is 11.3. The molecular formula is C31H38FN3O6S. The van der Waals surface area contributed by atoms with Gasteiger partial charge in [-0.05, 0) is 61.7 Å². The zero-order chi connectivity index (χ0) is 30.9. The number of halogens is 1. The largest absolute Gasteiger partial charge is 0.493 e. The van der Waals surface area contributed by atoms with E-state index in [-0.39, 0.29) is 41.2 Å². The minimum Gasteiger partial charge on any atom is -0.493 e. The molecule has 0 saturated carbocycles. The molecule has 11 heteroatoms. The second-order valence-electron chi connectivity index (χ2n) is 9.75. The van der Waals surface area contributed by atoms with E-state index >= 15 is 0 Å². The topological polar surface area (TPSA) is 105 Å². The van der Waals surface area contributed by atoms with Gasteiger partial charge in [0, 0.05) is 18.7 Å². The third-order valence-electron chi connectivity index (χ3n) is 6.92. The number of amides is 2. The van der Waals surface area contributed by atoms with Crippen molar-refractivity contribution in [3.63, 3.8) is 0 Å². The molecule has 3 aromatic carbocycles. The summed E-state index contributed by atoms with van der Waals surface area (Å²) in [7, 11) is -1.45. The predicted molar refractivity (Wildman–Crippen MR) is 159 cm³/mol. The molecule has 3 rings (SSSR count). The number of anilines is 1. The number of sulfonamides is 1. The highest BCUT2D eigenvalue weighted by molar-refractivity contribution is 7.92. The first-order chi connectivity index (χ1) is 20.0. The van der Waals surface area contributed by atoms with Crippen molar-refractivity contribution in [2.75, 3.05) is 25.1 Å². The highest BCUT2D eigenvalue weighted by atomic mass is 32.2. The van der Waals surface area contributed by atoms with Crippen LogP contribution in [0.1, 0.15) is 39.2 Å². The van der Waals surface area contributed by atoms with Gasteiger partial charge in [0.05, 0.1) is 24.8 Å². The molecular weight excluding hydrogens is 561 g/mol. The number of methoxy groups -OCH3 is 2. The molecule has 0 radical (unpaired) electrons. The number of rotatable bonds is 14. The van der Waals surface area contributed by atoms with Crippen molar-refractivity contribution in [2.24, 2.45) is 0 Å². The number of hydrogen-bond donors (Lipinski definition) is 1. The average Bonchev–Trinajstić information content (AvgIpc) is 3.00.